The van der Waals surface area contributed by atoms with Gasteiger partial charge in [0.25, 0.3) is 0 Å². The van der Waals surface area contributed by atoms with Crippen LogP contribution in [0.1, 0.15) is 34.4 Å². The molecular formula is C13H14N4O2S. The van der Waals surface area contributed by atoms with Crippen LogP contribution < -0.4 is 5.32 Å². The van der Waals surface area contributed by atoms with Gasteiger partial charge >= 0.3 is 5.97 Å². The fourth-order valence-corrected chi connectivity index (χ4v) is 3.35. The number of carbonyl (C=O) groups is 1. The lowest BCUT2D eigenvalue weighted by Gasteiger charge is -2.04. The molecule has 2 N–H and O–H groups in total. The van der Waals surface area contributed by atoms with E-state index in [0.29, 0.717) is 13.0 Å². The van der Waals surface area contributed by atoms with Crippen molar-refractivity contribution in [3.05, 3.63) is 34.4 Å². The van der Waals surface area contributed by atoms with Crippen LogP contribution in [0.4, 0.5) is 5.13 Å². The van der Waals surface area contributed by atoms with E-state index in [4.69, 9.17) is 5.11 Å². The molecule has 0 saturated carbocycles. The quantitative estimate of drug-likeness (QED) is 0.895. The second-order valence-corrected chi connectivity index (χ2v) is 5.79. The minimum atomic E-state index is -0.785. The number of anilines is 1. The van der Waals surface area contributed by atoms with Crippen molar-refractivity contribution >= 4 is 22.4 Å². The first-order valence-corrected chi connectivity index (χ1v) is 7.20. The monoisotopic (exact) mass is 290 g/mol. The van der Waals surface area contributed by atoms with Crippen molar-refractivity contribution < 1.29 is 9.90 Å². The van der Waals surface area contributed by atoms with Gasteiger partial charge in [0.2, 0.25) is 0 Å². The molecule has 1 aliphatic carbocycles. The summed E-state index contributed by atoms with van der Waals surface area (Å²) >= 11 is 1.54. The molecule has 20 heavy (non-hydrogen) atoms. The Labute approximate surface area is 119 Å². The van der Waals surface area contributed by atoms with Gasteiger partial charge < -0.3 is 10.4 Å². The molecule has 0 bridgehead atoms. The van der Waals surface area contributed by atoms with Gasteiger partial charge in [0.05, 0.1) is 17.9 Å². The van der Waals surface area contributed by atoms with Gasteiger partial charge in [-0.3, -0.25) is 4.79 Å². The van der Waals surface area contributed by atoms with Gasteiger partial charge in [-0.2, -0.15) is 0 Å². The molecule has 0 aromatic carbocycles. The second-order valence-electron chi connectivity index (χ2n) is 4.71. The van der Waals surface area contributed by atoms with Crippen LogP contribution in [0.3, 0.4) is 0 Å². The van der Waals surface area contributed by atoms with Crippen LogP contribution in [0.2, 0.25) is 0 Å². The summed E-state index contributed by atoms with van der Waals surface area (Å²) in [7, 11) is 0. The van der Waals surface area contributed by atoms with E-state index in [2.05, 4.69) is 20.3 Å². The number of hydrogen-bond acceptors (Lipinski definition) is 6. The number of aliphatic carboxylic acids is 1. The summed E-state index contributed by atoms with van der Waals surface area (Å²) in [6.45, 7) is 2.41. The van der Waals surface area contributed by atoms with Crippen LogP contribution in [0.15, 0.2) is 12.3 Å². The number of aryl methyl sites for hydroxylation is 2. The van der Waals surface area contributed by atoms with E-state index < -0.39 is 11.9 Å². The molecule has 2 heterocycles. The maximum Gasteiger partial charge on any atom is 0.312 e. The molecule has 104 valence electrons. The van der Waals surface area contributed by atoms with Crippen molar-refractivity contribution in [3.63, 3.8) is 0 Å². The smallest absolute Gasteiger partial charge is 0.312 e. The lowest BCUT2D eigenvalue weighted by molar-refractivity contribution is -0.138. The van der Waals surface area contributed by atoms with Crippen molar-refractivity contribution in [2.24, 2.45) is 0 Å². The third-order valence-corrected chi connectivity index (χ3v) is 4.36. The van der Waals surface area contributed by atoms with Gasteiger partial charge in [0.1, 0.15) is 11.7 Å². The zero-order chi connectivity index (χ0) is 14.1. The fraction of sp³-hybridized carbons (Fsp3) is 0.385. The molecule has 2 aromatic heterocycles. The first kappa shape index (κ1) is 13.0. The maximum absolute atomic E-state index is 11.1. The molecular weight excluding hydrogens is 276 g/mol. The van der Waals surface area contributed by atoms with Gasteiger partial charge in [-0.15, -0.1) is 11.3 Å². The molecule has 0 fully saturated rings. The van der Waals surface area contributed by atoms with Crippen molar-refractivity contribution in [3.8, 4) is 0 Å². The zero-order valence-electron chi connectivity index (χ0n) is 11.0. The fourth-order valence-electron chi connectivity index (χ4n) is 2.31. The standard InChI is InChI=1S/C13H14N4O2S/c1-7-14-5-4-8(16-7)6-15-13-17-11-9(12(18)19)2-3-10(11)20-13/h4-5,9H,2-3,6H2,1H3,(H,15,17)(H,18,19). The summed E-state index contributed by atoms with van der Waals surface area (Å²) < 4.78 is 0. The van der Waals surface area contributed by atoms with Crippen molar-refractivity contribution in [1.29, 1.82) is 0 Å². The zero-order valence-corrected chi connectivity index (χ0v) is 11.8. The summed E-state index contributed by atoms with van der Waals surface area (Å²) in [6, 6.07) is 1.85. The number of thiazole rings is 1. The largest absolute Gasteiger partial charge is 0.481 e. The Balaban J connectivity index is 1.71. The van der Waals surface area contributed by atoms with Crippen LogP contribution in [0.5, 0.6) is 0 Å². The Morgan fingerprint density at radius 1 is 1.55 bits per heavy atom. The molecule has 1 atom stereocenters. The molecule has 0 saturated heterocycles. The molecule has 1 unspecified atom stereocenters. The molecule has 7 heteroatoms. The number of hydrogen-bond donors (Lipinski definition) is 2. The highest BCUT2D eigenvalue weighted by atomic mass is 32.1. The van der Waals surface area contributed by atoms with Gasteiger partial charge in [0.15, 0.2) is 5.13 Å². The third kappa shape index (κ3) is 2.49. The number of carboxylic acid groups (broad SMARTS) is 1. The number of carboxylic acids is 1. The first-order valence-electron chi connectivity index (χ1n) is 6.38. The minimum absolute atomic E-state index is 0.446. The molecule has 6 nitrogen and oxygen atoms in total. The number of rotatable bonds is 4. The summed E-state index contributed by atoms with van der Waals surface area (Å²) in [6.07, 6.45) is 3.19. The van der Waals surface area contributed by atoms with E-state index in [0.717, 1.165) is 33.6 Å². The Hall–Kier alpha value is -2.02. The van der Waals surface area contributed by atoms with Crippen LogP contribution in [-0.2, 0) is 17.8 Å². The van der Waals surface area contributed by atoms with Gasteiger partial charge in [-0.1, -0.05) is 0 Å². The summed E-state index contributed by atoms with van der Waals surface area (Å²) in [5.41, 5.74) is 1.62. The number of fused-ring (bicyclic) bond motifs is 1. The second kappa shape index (κ2) is 5.16. The maximum atomic E-state index is 11.1. The highest BCUT2D eigenvalue weighted by Crippen LogP contribution is 2.38. The Bertz CT molecular complexity index is 656. The van der Waals surface area contributed by atoms with Gasteiger partial charge in [-0.25, -0.2) is 15.0 Å². The van der Waals surface area contributed by atoms with E-state index >= 15 is 0 Å². The number of nitrogens with zero attached hydrogens (tertiary/aromatic N) is 3. The lowest BCUT2D eigenvalue weighted by atomic mass is 10.1. The van der Waals surface area contributed by atoms with E-state index in [1.807, 2.05) is 13.0 Å². The number of aromatic nitrogens is 3. The average molecular weight is 290 g/mol. The Morgan fingerprint density at radius 3 is 3.15 bits per heavy atom. The van der Waals surface area contributed by atoms with Crippen molar-refractivity contribution in [2.75, 3.05) is 5.32 Å². The molecule has 1 aliphatic rings. The van der Waals surface area contributed by atoms with Crippen LogP contribution in [0.25, 0.3) is 0 Å². The van der Waals surface area contributed by atoms with E-state index in [1.54, 1.807) is 6.20 Å². The summed E-state index contributed by atoms with van der Waals surface area (Å²) in [5.74, 6) is -0.498. The third-order valence-electron chi connectivity index (χ3n) is 3.27. The molecule has 0 amide bonds. The summed E-state index contributed by atoms with van der Waals surface area (Å²) in [4.78, 5) is 25.0. The van der Waals surface area contributed by atoms with Crippen LogP contribution in [0, 0.1) is 6.92 Å². The molecule has 3 rings (SSSR count). The van der Waals surface area contributed by atoms with Crippen molar-refractivity contribution in [1.82, 2.24) is 15.0 Å². The molecule has 0 radical (unpaired) electrons. The normalized spacial score (nSPS) is 16.9. The Kier molecular flexibility index (Phi) is 3.35. The lowest BCUT2D eigenvalue weighted by Crippen LogP contribution is -2.09. The molecule has 0 aliphatic heterocycles. The number of nitrogens with one attached hydrogen (secondary N) is 1. The molecule has 2 aromatic rings. The van der Waals surface area contributed by atoms with E-state index in [-0.39, 0.29) is 0 Å². The average Bonchev–Trinajstić information content (AvgIpc) is 2.95. The highest BCUT2D eigenvalue weighted by molar-refractivity contribution is 7.15. The van der Waals surface area contributed by atoms with Gasteiger partial charge in [0, 0.05) is 11.1 Å². The Morgan fingerprint density at radius 2 is 2.40 bits per heavy atom. The minimum Gasteiger partial charge on any atom is -0.481 e. The summed E-state index contributed by atoms with van der Waals surface area (Å²) in [5, 5.41) is 13.1. The predicted octanol–water partition coefficient (Wildman–Crippen LogP) is 1.97. The van der Waals surface area contributed by atoms with Crippen LogP contribution >= 0.6 is 11.3 Å². The predicted molar refractivity (Wildman–Crippen MR) is 74.9 cm³/mol. The van der Waals surface area contributed by atoms with Crippen molar-refractivity contribution in [2.45, 2.75) is 32.2 Å². The molecule has 0 spiro atoms. The van der Waals surface area contributed by atoms with Gasteiger partial charge in [-0.05, 0) is 25.8 Å². The van der Waals surface area contributed by atoms with E-state index in [9.17, 15) is 4.79 Å². The highest BCUT2D eigenvalue weighted by Gasteiger charge is 2.32. The topological polar surface area (TPSA) is 88.0 Å². The van der Waals surface area contributed by atoms with Crippen LogP contribution in [-0.4, -0.2) is 26.0 Å². The first-order chi connectivity index (χ1) is 9.63. The van der Waals surface area contributed by atoms with E-state index in [1.165, 1.54) is 11.3 Å². The SMILES string of the molecule is Cc1nccc(CNc2nc3c(s2)CCC3C(=O)O)n1.